The van der Waals surface area contributed by atoms with E-state index < -0.39 is 0 Å². The van der Waals surface area contributed by atoms with Crippen molar-refractivity contribution in [3.05, 3.63) is 96.2 Å². The summed E-state index contributed by atoms with van der Waals surface area (Å²) in [6, 6.07) is 28.6. The summed E-state index contributed by atoms with van der Waals surface area (Å²) in [5, 5.41) is 15.0. The molecule has 0 unspecified atom stereocenters. The van der Waals surface area contributed by atoms with Crippen molar-refractivity contribution in [2.45, 2.75) is 17.3 Å². The molecule has 152 valence electrons. The lowest BCUT2D eigenvalue weighted by atomic mass is 10.1. The molecule has 0 aliphatic carbocycles. The van der Waals surface area contributed by atoms with Crippen LogP contribution in [0.3, 0.4) is 0 Å². The minimum atomic E-state index is 0.495. The van der Waals surface area contributed by atoms with Gasteiger partial charge in [0.25, 0.3) is 0 Å². The Balaban J connectivity index is 1.19. The molecule has 0 atom stereocenters. The molecule has 0 saturated heterocycles. The molecular formula is C24H19N5OS. The summed E-state index contributed by atoms with van der Waals surface area (Å²) in [6.07, 6.45) is 0. The van der Waals surface area contributed by atoms with E-state index in [-0.39, 0.29) is 0 Å². The Morgan fingerprint density at radius 2 is 1.77 bits per heavy atom. The van der Waals surface area contributed by atoms with Crippen LogP contribution in [0.4, 0.5) is 0 Å². The highest BCUT2D eigenvalue weighted by Gasteiger charge is 2.04. The van der Waals surface area contributed by atoms with Gasteiger partial charge in [-0.05, 0) is 46.3 Å². The smallest absolute Gasteiger partial charge is 0.179 e. The third kappa shape index (κ3) is 4.73. The number of tetrazole rings is 1. The molecule has 0 spiro atoms. The van der Waals surface area contributed by atoms with Crippen LogP contribution in [0.15, 0.2) is 89.8 Å². The number of pyridine rings is 1. The Hall–Kier alpha value is -3.71. The molecule has 0 fully saturated rings. The molecule has 7 heteroatoms. The fourth-order valence-electron chi connectivity index (χ4n) is 3.21. The Labute approximate surface area is 183 Å². The van der Waals surface area contributed by atoms with E-state index in [9.17, 15) is 0 Å². The number of hydrogen-bond donors (Lipinski definition) is 1. The van der Waals surface area contributed by atoms with Crippen LogP contribution in [0.25, 0.3) is 22.3 Å². The van der Waals surface area contributed by atoms with Crippen molar-refractivity contribution in [1.82, 2.24) is 25.6 Å². The highest BCUT2D eigenvalue weighted by atomic mass is 32.2. The maximum atomic E-state index is 6.00. The quantitative estimate of drug-likeness (QED) is 0.357. The van der Waals surface area contributed by atoms with E-state index >= 15 is 0 Å². The first kappa shape index (κ1) is 19.3. The summed E-state index contributed by atoms with van der Waals surface area (Å²) < 4.78 is 6.00. The summed E-state index contributed by atoms with van der Waals surface area (Å²) in [5.41, 5.74) is 4.12. The maximum Gasteiger partial charge on any atom is 0.179 e. The fourth-order valence-corrected chi connectivity index (χ4v) is 4.06. The van der Waals surface area contributed by atoms with Gasteiger partial charge in [0.05, 0.1) is 11.2 Å². The van der Waals surface area contributed by atoms with Crippen LogP contribution in [-0.2, 0) is 12.4 Å². The van der Waals surface area contributed by atoms with Gasteiger partial charge in [0, 0.05) is 21.6 Å². The van der Waals surface area contributed by atoms with Crippen molar-refractivity contribution < 1.29 is 4.74 Å². The first-order valence-electron chi connectivity index (χ1n) is 9.87. The van der Waals surface area contributed by atoms with Gasteiger partial charge >= 0.3 is 0 Å². The predicted octanol–water partition coefficient (Wildman–Crippen LogP) is 5.29. The highest BCUT2D eigenvalue weighted by Crippen LogP contribution is 2.27. The van der Waals surface area contributed by atoms with E-state index in [4.69, 9.17) is 9.72 Å². The molecule has 3 aromatic carbocycles. The van der Waals surface area contributed by atoms with Gasteiger partial charge in [0.15, 0.2) is 5.82 Å². The monoisotopic (exact) mass is 425 g/mol. The van der Waals surface area contributed by atoms with E-state index in [0.29, 0.717) is 12.4 Å². The second kappa shape index (κ2) is 8.97. The van der Waals surface area contributed by atoms with Crippen molar-refractivity contribution in [3.63, 3.8) is 0 Å². The largest absolute Gasteiger partial charge is 0.489 e. The normalized spacial score (nSPS) is 11.0. The zero-order valence-corrected chi connectivity index (χ0v) is 17.4. The van der Waals surface area contributed by atoms with Crippen LogP contribution < -0.4 is 4.74 Å². The van der Waals surface area contributed by atoms with E-state index in [0.717, 1.165) is 44.1 Å². The van der Waals surface area contributed by atoms with Crippen molar-refractivity contribution in [1.29, 1.82) is 0 Å². The molecule has 0 aliphatic rings. The SMILES string of the molecule is c1cc(OCc2ccc(-c3nnn[nH]3)cc2)cc(SCc2ccc3ccccc3n2)c1. The summed E-state index contributed by atoms with van der Waals surface area (Å²) in [4.78, 5) is 5.90. The molecule has 2 aromatic heterocycles. The zero-order chi connectivity index (χ0) is 20.9. The number of thioether (sulfide) groups is 1. The Bertz CT molecular complexity index is 1290. The van der Waals surface area contributed by atoms with E-state index in [1.807, 2.05) is 54.6 Å². The van der Waals surface area contributed by atoms with Crippen LogP contribution in [-0.4, -0.2) is 25.6 Å². The molecule has 0 saturated carbocycles. The lowest BCUT2D eigenvalue weighted by Crippen LogP contribution is -1.95. The number of para-hydroxylation sites is 1. The molecule has 5 aromatic rings. The third-order valence-corrected chi connectivity index (χ3v) is 5.85. The van der Waals surface area contributed by atoms with Crippen molar-refractivity contribution in [2.75, 3.05) is 0 Å². The van der Waals surface area contributed by atoms with Gasteiger partial charge in [-0.3, -0.25) is 4.98 Å². The van der Waals surface area contributed by atoms with Crippen LogP contribution in [0.1, 0.15) is 11.3 Å². The number of H-pyrrole nitrogens is 1. The summed E-state index contributed by atoms with van der Waals surface area (Å²) >= 11 is 1.75. The molecule has 0 radical (unpaired) electrons. The molecule has 6 nitrogen and oxygen atoms in total. The standard InChI is InChI=1S/C24H19N5OS/c1-2-7-23-18(4-1)12-13-20(25-23)16-31-22-6-3-5-21(14-22)30-15-17-8-10-19(11-9-17)24-26-28-29-27-24/h1-14H,15-16H2,(H,26,27,28,29). The number of ether oxygens (including phenoxy) is 1. The second-order valence-electron chi connectivity index (χ2n) is 6.99. The lowest BCUT2D eigenvalue weighted by molar-refractivity contribution is 0.305. The van der Waals surface area contributed by atoms with Crippen LogP contribution in [0.2, 0.25) is 0 Å². The molecule has 5 rings (SSSR count). The van der Waals surface area contributed by atoms with Gasteiger partial charge in [-0.15, -0.1) is 16.9 Å². The molecule has 0 amide bonds. The number of fused-ring (bicyclic) bond motifs is 1. The van der Waals surface area contributed by atoms with Crippen LogP contribution in [0.5, 0.6) is 5.75 Å². The highest BCUT2D eigenvalue weighted by molar-refractivity contribution is 7.98. The summed E-state index contributed by atoms with van der Waals surface area (Å²) in [7, 11) is 0. The lowest BCUT2D eigenvalue weighted by Gasteiger charge is -2.09. The van der Waals surface area contributed by atoms with Gasteiger partial charge in [-0.25, -0.2) is 5.10 Å². The van der Waals surface area contributed by atoms with Crippen LogP contribution in [0, 0.1) is 0 Å². The Kier molecular flexibility index (Phi) is 5.58. The average Bonchev–Trinajstić information content (AvgIpc) is 3.37. The number of benzene rings is 3. The van der Waals surface area contributed by atoms with Crippen molar-refractivity contribution in [2.24, 2.45) is 0 Å². The van der Waals surface area contributed by atoms with Gasteiger partial charge in [-0.2, -0.15) is 0 Å². The summed E-state index contributed by atoms with van der Waals surface area (Å²) in [5.74, 6) is 2.31. The molecule has 31 heavy (non-hydrogen) atoms. The predicted molar refractivity (Wildman–Crippen MR) is 122 cm³/mol. The molecule has 2 heterocycles. The van der Waals surface area contributed by atoms with Crippen molar-refractivity contribution in [3.8, 4) is 17.1 Å². The zero-order valence-electron chi connectivity index (χ0n) is 16.6. The first-order valence-corrected chi connectivity index (χ1v) is 10.9. The topological polar surface area (TPSA) is 76.6 Å². The number of nitrogens with zero attached hydrogens (tertiary/aromatic N) is 4. The Morgan fingerprint density at radius 3 is 2.65 bits per heavy atom. The van der Waals surface area contributed by atoms with Gasteiger partial charge in [0.1, 0.15) is 12.4 Å². The molecule has 0 aliphatic heterocycles. The van der Waals surface area contributed by atoms with E-state index in [1.165, 1.54) is 0 Å². The van der Waals surface area contributed by atoms with Crippen LogP contribution >= 0.6 is 11.8 Å². The van der Waals surface area contributed by atoms with E-state index in [1.54, 1.807) is 11.8 Å². The van der Waals surface area contributed by atoms with Crippen molar-refractivity contribution >= 4 is 22.7 Å². The van der Waals surface area contributed by atoms with Gasteiger partial charge in [0.2, 0.25) is 0 Å². The van der Waals surface area contributed by atoms with Gasteiger partial charge < -0.3 is 4.74 Å². The van der Waals surface area contributed by atoms with E-state index in [2.05, 4.69) is 51.0 Å². The third-order valence-electron chi connectivity index (χ3n) is 4.83. The summed E-state index contributed by atoms with van der Waals surface area (Å²) in [6.45, 7) is 0.495. The fraction of sp³-hybridized carbons (Fsp3) is 0.0833. The second-order valence-corrected chi connectivity index (χ2v) is 8.04. The maximum absolute atomic E-state index is 6.00. The number of rotatable bonds is 7. The Morgan fingerprint density at radius 1 is 0.871 bits per heavy atom. The van der Waals surface area contributed by atoms with Gasteiger partial charge in [-0.1, -0.05) is 54.6 Å². The minimum absolute atomic E-state index is 0.495. The molecule has 0 bridgehead atoms. The molecular weight excluding hydrogens is 406 g/mol. The number of nitrogens with one attached hydrogen (secondary N) is 1. The molecule has 1 N–H and O–H groups in total. The minimum Gasteiger partial charge on any atom is -0.489 e. The first-order chi connectivity index (χ1) is 15.3. The number of hydrogen-bond acceptors (Lipinski definition) is 6. The number of aromatic amines is 1. The number of aromatic nitrogens is 5. The average molecular weight is 426 g/mol.